The predicted octanol–water partition coefficient (Wildman–Crippen LogP) is 2.98. The van der Waals surface area contributed by atoms with Crippen molar-refractivity contribution >= 4 is 21.6 Å². The Balaban J connectivity index is 0.000000847. The van der Waals surface area contributed by atoms with Crippen LogP contribution < -0.4 is 4.74 Å². The van der Waals surface area contributed by atoms with Gasteiger partial charge in [-0.1, -0.05) is 18.2 Å². The van der Waals surface area contributed by atoms with Gasteiger partial charge in [-0.05, 0) is 36.4 Å². The van der Waals surface area contributed by atoms with E-state index >= 15 is 0 Å². The minimum atomic E-state index is -3.16. The fraction of sp³-hybridized carbons (Fsp3) is 0.250. The second kappa shape index (κ2) is 7.67. The van der Waals surface area contributed by atoms with Gasteiger partial charge in [-0.2, -0.15) is 11.8 Å². The molecule has 0 amide bonds. The quantitative estimate of drug-likeness (QED) is 0.849. The lowest BCUT2D eigenvalue weighted by atomic mass is 10.3. The van der Waals surface area contributed by atoms with Crippen molar-refractivity contribution in [3.8, 4) is 11.5 Å². The van der Waals surface area contributed by atoms with Crippen LogP contribution in [0.15, 0.2) is 59.5 Å². The summed E-state index contributed by atoms with van der Waals surface area (Å²) in [7, 11) is -2.16. The number of para-hydroxylation sites is 1. The third kappa shape index (κ3) is 4.76. The van der Waals surface area contributed by atoms with Crippen LogP contribution in [0, 0.1) is 0 Å². The molecule has 0 aromatic heterocycles. The zero-order valence-corrected chi connectivity index (χ0v) is 13.8. The molecule has 0 saturated carbocycles. The van der Waals surface area contributed by atoms with E-state index in [0.29, 0.717) is 10.6 Å². The molecule has 6 heteroatoms. The minimum absolute atomic E-state index is 0.233. The molecular weight excluding hydrogens is 320 g/mol. The molecule has 1 fully saturated rings. The summed E-state index contributed by atoms with van der Waals surface area (Å²) < 4.78 is 29.8. The van der Waals surface area contributed by atoms with Crippen LogP contribution >= 0.6 is 11.8 Å². The van der Waals surface area contributed by atoms with Crippen molar-refractivity contribution in [2.75, 3.05) is 18.6 Å². The smallest absolute Gasteiger partial charge is 0.179 e. The second-order valence-electron chi connectivity index (χ2n) is 4.62. The number of benzene rings is 2. The zero-order chi connectivity index (χ0) is 16.0. The lowest BCUT2D eigenvalue weighted by Gasteiger charge is -2.07. The zero-order valence-electron chi connectivity index (χ0n) is 12.2. The number of aliphatic hydroxyl groups excluding tert-OH is 1. The topological polar surface area (TPSA) is 63.6 Å². The van der Waals surface area contributed by atoms with Gasteiger partial charge in [-0.25, -0.2) is 8.42 Å². The highest BCUT2D eigenvalue weighted by Gasteiger charge is 2.29. The SMILES string of the molecule is CO.O=S(=O)(CC1CS1)c1ccc(Oc2ccccc2)cc1. The molecule has 1 heterocycles. The van der Waals surface area contributed by atoms with Crippen LogP contribution in [0.2, 0.25) is 0 Å². The normalized spacial score (nSPS) is 16.4. The van der Waals surface area contributed by atoms with Gasteiger partial charge >= 0.3 is 0 Å². The molecule has 1 aliphatic rings. The van der Waals surface area contributed by atoms with E-state index in [-0.39, 0.29) is 11.0 Å². The van der Waals surface area contributed by atoms with Crippen LogP contribution in [0.5, 0.6) is 11.5 Å². The van der Waals surface area contributed by atoms with E-state index in [2.05, 4.69) is 0 Å². The number of rotatable bonds is 5. The van der Waals surface area contributed by atoms with Crippen LogP contribution in [-0.4, -0.2) is 37.4 Å². The number of sulfone groups is 1. The van der Waals surface area contributed by atoms with E-state index < -0.39 is 9.84 Å². The van der Waals surface area contributed by atoms with Gasteiger partial charge in [0.2, 0.25) is 0 Å². The number of ether oxygens (including phenoxy) is 1. The number of hydrogen-bond acceptors (Lipinski definition) is 5. The molecule has 1 N–H and O–H groups in total. The summed E-state index contributed by atoms with van der Waals surface area (Å²) in [4.78, 5) is 0.366. The number of aliphatic hydroxyl groups is 1. The lowest BCUT2D eigenvalue weighted by molar-refractivity contribution is 0.399. The predicted molar refractivity (Wildman–Crippen MR) is 89.4 cm³/mol. The van der Waals surface area contributed by atoms with Crippen LogP contribution in [0.25, 0.3) is 0 Å². The molecule has 0 radical (unpaired) electrons. The standard InChI is InChI=1S/C15H14O3S2.CH4O/c16-20(17,11-14-10-19-14)15-8-6-13(7-9-15)18-12-4-2-1-3-5-12;1-2/h1-9,14H,10-11H2;2H,1H3. The second-order valence-corrected chi connectivity index (χ2v) is 7.99. The summed E-state index contributed by atoms with van der Waals surface area (Å²) in [6, 6.07) is 16.0. The molecule has 118 valence electrons. The van der Waals surface area contributed by atoms with Crippen molar-refractivity contribution in [2.45, 2.75) is 10.1 Å². The molecule has 1 aliphatic heterocycles. The Kier molecular flexibility index (Phi) is 5.88. The van der Waals surface area contributed by atoms with Crippen LogP contribution in [-0.2, 0) is 9.84 Å². The molecule has 0 spiro atoms. The highest BCUT2D eigenvalue weighted by Crippen LogP contribution is 2.33. The first-order chi connectivity index (χ1) is 10.6. The molecule has 1 atom stereocenters. The van der Waals surface area contributed by atoms with Gasteiger partial charge in [-0.3, -0.25) is 0 Å². The van der Waals surface area contributed by atoms with Gasteiger partial charge in [-0.15, -0.1) is 0 Å². The maximum Gasteiger partial charge on any atom is 0.179 e. The Morgan fingerprint density at radius 1 is 1.05 bits per heavy atom. The summed E-state index contributed by atoms with van der Waals surface area (Å²) in [5.74, 6) is 2.55. The van der Waals surface area contributed by atoms with Gasteiger partial charge in [0.15, 0.2) is 9.84 Å². The summed E-state index contributed by atoms with van der Waals surface area (Å²) in [5.41, 5.74) is 0. The molecule has 2 aromatic rings. The van der Waals surface area contributed by atoms with Crippen molar-refractivity contribution in [1.29, 1.82) is 0 Å². The Bertz CT molecular complexity index is 678. The van der Waals surface area contributed by atoms with Gasteiger partial charge in [0, 0.05) is 18.1 Å². The van der Waals surface area contributed by atoms with Crippen molar-refractivity contribution in [3.63, 3.8) is 0 Å². The third-order valence-corrected chi connectivity index (χ3v) is 5.98. The number of hydrogen-bond donors (Lipinski definition) is 1. The van der Waals surface area contributed by atoms with E-state index in [1.54, 1.807) is 36.0 Å². The highest BCUT2D eigenvalue weighted by atomic mass is 32.2. The van der Waals surface area contributed by atoms with Crippen molar-refractivity contribution in [2.24, 2.45) is 0 Å². The first-order valence-corrected chi connectivity index (χ1v) is 9.46. The van der Waals surface area contributed by atoms with Crippen molar-refractivity contribution in [3.05, 3.63) is 54.6 Å². The molecule has 0 aliphatic carbocycles. The van der Waals surface area contributed by atoms with E-state index in [1.807, 2.05) is 30.3 Å². The van der Waals surface area contributed by atoms with Gasteiger partial charge < -0.3 is 9.84 Å². The minimum Gasteiger partial charge on any atom is -0.457 e. The molecule has 22 heavy (non-hydrogen) atoms. The average molecular weight is 338 g/mol. The highest BCUT2D eigenvalue weighted by molar-refractivity contribution is 8.08. The first kappa shape index (κ1) is 16.9. The van der Waals surface area contributed by atoms with Gasteiger partial charge in [0.05, 0.1) is 10.6 Å². The largest absolute Gasteiger partial charge is 0.457 e. The van der Waals surface area contributed by atoms with E-state index in [4.69, 9.17) is 9.84 Å². The molecule has 2 aromatic carbocycles. The fourth-order valence-electron chi connectivity index (χ4n) is 1.84. The molecule has 3 rings (SSSR count). The summed E-state index contributed by atoms with van der Waals surface area (Å²) in [6.07, 6.45) is 0. The van der Waals surface area contributed by atoms with E-state index in [9.17, 15) is 8.42 Å². The van der Waals surface area contributed by atoms with Gasteiger partial charge in [0.25, 0.3) is 0 Å². The molecular formula is C16H18O4S2. The Morgan fingerprint density at radius 3 is 2.14 bits per heavy atom. The average Bonchev–Trinajstić information content (AvgIpc) is 3.34. The van der Waals surface area contributed by atoms with Gasteiger partial charge in [0.1, 0.15) is 11.5 Å². The third-order valence-electron chi connectivity index (χ3n) is 2.97. The lowest BCUT2D eigenvalue weighted by Crippen LogP contribution is -2.10. The Labute approximate surface area is 135 Å². The fourth-order valence-corrected chi connectivity index (χ4v) is 4.52. The van der Waals surface area contributed by atoms with E-state index in [0.717, 1.165) is 18.6 Å². The summed E-state index contributed by atoms with van der Waals surface area (Å²) in [6.45, 7) is 0. The molecule has 1 saturated heterocycles. The van der Waals surface area contributed by atoms with E-state index in [1.165, 1.54) is 0 Å². The monoisotopic (exact) mass is 338 g/mol. The summed E-state index contributed by atoms with van der Waals surface area (Å²) >= 11 is 1.69. The van der Waals surface area contributed by atoms with Crippen LogP contribution in [0.4, 0.5) is 0 Å². The number of thioether (sulfide) groups is 1. The Morgan fingerprint density at radius 2 is 1.59 bits per heavy atom. The first-order valence-electron chi connectivity index (χ1n) is 6.75. The molecule has 0 bridgehead atoms. The molecule has 4 nitrogen and oxygen atoms in total. The molecule has 1 unspecified atom stereocenters. The Hall–Kier alpha value is -1.50. The summed E-state index contributed by atoms with van der Waals surface area (Å²) in [5, 5.41) is 7.28. The van der Waals surface area contributed by atoms with Crippen LogP contribution in [0.3, 0.4) is 0 Å². The van der Waals surface area contributed by atoms with Crippen LogP contribution in [0.1, 0.15) is 0 Å². The maximum absolute atomic E-state index is 12.1. The van der Waals surface area contributed by atoms with Crippen molar-refractivity contribution < 1.29 is 18.3 Å². The van der Waals surface area contributed by atoms with Crippen molar-refractivity contribution in [1.82, 2.24) is 0 Å². The maximum atomic E-state index is 12.1.